The summed E-state index contributed by atoms with van der Waals surface area (Å²) in [5, 5.41) is 2.25. The summed E-state index contributed by atoms with van der Waals surface area (Å²) in [6.07, 6.45) is 0. The SMILES string of the molecule is COc1cc(C(=O)NNC(=S)NC(=O)c2ccc(Br)o2)cc(OC)c1OC. The second kappa shape index (κ2) is 9.24. The molecule has 11 heteroatoms. The first-order chi connectivity index (χ1) is 12.9. The van der Waals surface area contributed by atoms with Crippen molar-refractivity contribution in [2.75, 3.05) is 21.3 Å². The first-order valence-electron chi connectivity index (χ1n) is 7.36. The van der Waals surface area contributed by atoms with Crippen LogP contribution in [0.5, 0.6) is 17.2 Å². The van der Waals surface area contributed by atoms with Gasteiger partial charge in [0.2, 0.25) is 5.75 Å². The van der Waals surface area contributed by atoms with Gasteiger partial charge in [0.25, 0.3) is 11.8 Å². The molecule has 0 aliphatic rings. The first-order valence-corrected chi connectivity index (χ1v) is 8.56. The van der Waals surface area contributed by atoms with Crippen molar-refractivity contribution in [1.29, 1.82) is 0 Å². The Hall–Kier alpha value is -2.79. The molecule has 0 bridgehead atoms. The molecule has 1 aromatic carbocycles. The monoisotopic (exact) mass is 457 g/mol. The van der Waals surface area contributed by atoms with E-state index in [1.807, 2.05) is 0 Å². The predicted molar refractivity (Wildman–Crippen MR) is 103 cm³/mol. The summed E-state index contributed by atoms with van der Waals surface area (Å²) in [7, 11) is 4.34. The number of amides is 2. The minimum Gasteiger partial charge on any atom is -0.493 e. The van der Waals surface area contributed by atoms with Gasteiger partial charge in [0, 0.05) is 5.56 Å². The molecule has 0 unspecified atom stereocenters. The van der Waals surface area contributed by atoms with Crippen LogP contribution < -0.4 is 30.4 Å². The van der Waals surface area contributed by atoms with Crippen molar-refractivity contribution in [3.63, 3.8) is 0 Å². The zero-order chi connectivity index (χ0) is 20.0. The van der Waals surface area contributed by atoms with E-state index in [-0.39, 0.29) is 16.4 Å². The third-order valence-corrected chi connectivity index (χ3v) is 3.87. The van der Waals surface area contributed by atoms with Crippen molar-refractivity contribution in [2.24, 2.45) is 0 Å². The first kappa shape index (κ1) is 20.5. The highest BCUT2D eigenvalue weighted by Crippen LogP contribution is 2.38. The van der Waals surface area contributed by atoms with Crippen LogP contribution in [0.1, 0.15) is 20.9 Å². The summed E-state index contributed by atoms with van der Waals surface area (Å²) in [4.78, 5) is 24.2. The Bertz CT molecular complexity index is 845. The van der Waals surface area contributed by atoms with Crippen LogP contribution in [0.2, 0.25) is 0 Å². The molecular weight excluding hydrogens is 442 g/mol. The van der Waals surface area contributed by atoms with Crippen LogP contribution >= 0.6 is 28.1 Å². The van der Waals surface area contributed by atoms with Gasteiger partial charge in [0.1, 0.15) is 0 Å². The zero-order valence-electron chi connectivity index (χ0n) is 14.5. The van der Waals surface area contributed by atoms with Gasteiger partial charge < -0.3 is 18.6 Å². The van der Waals surface area contributed by atoms with E-state index in [1.165, 1.54) is 39.5 Å². The Morgan fingerprint density at radius 2 is 1.63 bits per heavy atom. The van der Waals surface area contributed by atoms with Crippen LogP contribution in [0.4, 0.5) is 0 Å². The largest absolute Gasteiger partial charge is 0.493 e. The van der Waals surface area contributed by atoms with E-state index >= 15 is 0 Å². The Morgan fingerprint density at radius 3 is 2.11 bits per heavy atom. The van der Waals surface area contributed by atoms with Gasteiger partial charge in [0.05, 0.1) is 21.3 Å². The third-order valence-electron chi connectivity index (χ3n) is 3.24. The Kier molecular flexibility index (Phi) is 7.02. The van der Waals surface area contributed by atoms with Crippen LogP contribution in [0.25, 0.3) is 0 Å². The van der Waals surface area contributed by atoms with Crippen molar-refractivity contribution in [3.05, 3.63) is 40.3 Å². The van der Waals surface area contributed by atoms with Crippen LogP contribution in [-0.2, 0) is 0 Å². The fourth-order valence-corrected chi connectivity index (χ4v) is 2.48. The minimum absolute atomic E-state index is 0.0574. The van der Waals surface area contributed by atoms with E-state index in [0.717, 1.165) is 0 Å². The van der Waals surface area contributed by atoms with Gasteiger partial charge in [-0.3, -0.25) is 25.8 Å². The average Bonchev–Trinajstić information content (AvgIpc) is 3.11. The normalized spacial score (nSPS) is 9.93. The zero-order valence-corrected chi connectivity index (χ0v) is 16.9. The maximum atomic E-state index is 12.3. The van der Waals surface area contributed by atoms with E-state index in [0.29, 0.717) is 21.9 Å². The number of hydrogen-bond acceptors (Lipinski definition) is 7. The van der Waals surface area contributed by atoms with Crippen molar-refractivity contribution in [1.82, 2.24) is 16.2 Å². The van der Waals surface area contributed by atoms with Gasteiger partial charge in [-0.2, -0.15) is 0 Å². The number of hydrazine groups is 1. The fourth-order valence-electron chi connectivity index (χ4n) is 2.03. The number of carbonyl (C=O) groups excluding carboxylic acids is 2. The number of furan rings is 1. The highest BCUT2D eigenvalue weighted by molar-refractivity contribution is 9.10. The lowest BCUT2D eigenvalue weighted by atomic mass is 10.1. The molecule has 0 saturated carbocycles. The summed E-state index contributed by atoms with van der Waals surface area (Å²) in [6, 6.07) is 5.98. The smallest absolute Gasteiger partial charge is 0.293 e. The predicted octanol–water partition coefficient (Wildman–Crippen LogP) is 2.02. The molecule has 0 saturated heterocycles. The van der Waals surface area contributed by atoms with Crippen molar-refractivity contribution in [2.45, 2.75) is 0 Å². The highest BCUT2D eigenvalue weighted by atomic mass is 79.9. The molecule has 2 amide bonds. The maximum absolute atomic E-state index is 12.3. The van der Waals surface area contributed by atoms with Gasteiger partial charge in [0.15, 0.2) is 27.0 Å². The number of carbonyl (C=O) groups is 2. The molecule has 9 nitrogen and oxygen atoms in total. The number of ether oxygens (including phenoxy) is 3. The van der Waals surface area contributed by atoms with E-state index < -0.39 is 11.8 Å². The summed E-state index contributed by atoms with van der Waals surface area (Å²) in [5.41, 5.74) is 5.01. The Labute approximate surface area is 168 Å². The molecule has 0 atom stereocenters. The third kappa shape index (κ3) is 5.11. The quantitative estimate of drug-likeness (QED) is 0.461. The van der Waals surface area contributed by atoms with Crippen molar-refractivity contribution in [3.8, 4) is 17.2 Å². The molecule has 1 heterocycles. The number of rotatable bonds is 5. The topological polar surface area (TPSA) is 111 Å². The molecule has 27 heavy (non-hydrogen) atoms. The molecule has 0 aliphatic carbocycles. The Morgan fingerprint density at radius 1 is 1.00 bits per heavy atom. The number of halogens is 1. The average molecular weight is 458 g/mol. The second-order valence-corrected chi connectivity index (χ2v) is 6.07. The van der Waals surface area contributed by atoms with Crippen LogP contribution in [0.15, 0.2) is 33.4 Å². The van der Waals surface area contributed by atoms with Crippen LogP contribution in [0, 0.1) is 0 Å². The maximum Gasteiger partial charge on any atom is 0.293 e. The van der Waals surface area contributed by atoms with Gasteiger partial charge in [-0.05, 0) is 52.4 Å². The molecular formula is C16H16BrN3O6S. The number of thiocarbonyl (C=S) groups is 1. The van der Waals surface area contributed by atoms with Gasteiger partial charge in [-0.15, -0.1) is 0 Å². The lowest BCUT2D eigenvalue weighted by Gasteiger charge is -2.14. The molecule has 1 aromatic heterocycles. The summed E-state index contributed by atoms with van der Waals surface area (Å²) in [6.45, 7) is 0. The van der Waals surface area contributed by atoms with E-state index in [4.69, 9.17) is 30.8 Å². The molecule has 0 radical (unpaired) electrons. The number of benzene rings is 1. The van der Waals surface area contributed by atoms with E-state index in [9.17, 15) is 9.59 Å². The van der Waals surface area contributed by atoms with Crippen LogP contribution in [0.3, 0.4) is 0 Å². The van der Waals surface area contributed by atoms with Gasteiger partial charge >= 0.3 is 0 Å². The van der Waals surface area contributed by atoms with Crippen molar-refractivity contribution < 1.29 is 28.2 Å². The van der Waals surface area contributed by atoms with Crippen molar-refractivity contribution >= 4 is 45.1 Å². The molecule has 2 rings (SSSR count). The molecule has 0 fully saturated rings. The summed E-state index contributed by atoms with van der Waals surface area (Å²) in [5.74, 6) is -0.0479. The van der Waals surface area contributed by atoms with E-state index in [1.54, 1.807) is 6.07 Å². The molecule has 0 spiro atoms. The van der Waals surface area contributed by atoms with Gasteiger partial charge in [-0.1, -0.05) is 0 Å². The van der Waals surface area contributed by atoms with E-state index in [2.05, 4.69) is 32.1 Å². The summed E-state index contributed by atoms with van der Waals surface area (Å²) < 4.78 is 21.1. The fraction of sp³-hybridized carbons (Fsp3) is 0.188. The minimum atomic E-state index is -0.569. The second-order valence-electron chi connectivity index (χ2n) is 4.88. The lowest BCUT2D eigenvalue weighted by Crippen LogP contribution is -2.48. The molecule has 144 valence electrons. The van der Waals surface area contributed by atoms with Crippen LogP contribution in [-0.4, -0.2) is 38.3 Å². The lowest BCUT2D eigenvalue weighted by molar-refractivity contribution is 0.0926. The molecule has 2 aromatic rings. The standard InChI is InChI=1S/C16H16BrN3O6S/c1-23-10-6-8(7-11(24-2)13(10)25-3)14(21)19-20-16(27)18-15(22)9-4-5-12(17)26-9/h4-7H,1-3H3,(H,19,21)(H2,18,20,22,27). The molecule has 0 aliphatic heterocycles. The molecule has 3 N–H and O–H groups in total. The number of nitrogens with one attached hydrogen (secondary N) is 3. The Balaban J connectivity index is 2.00. The number of hydrogen-bond donors (Lipinski definition) is 3. The van der Waals surface area contributed by atoms with Gasteiger partial charge in [-0.25, -0.2) is 0 Å². The summed E-state index contributed by atoms with van der Waals surface area (Å²) >= 11 is 8.06. The highest BCUT2D eigenvalue weighted by Gasteiger charge is 2.17. The number of methoxy groups -OCH3 is 3.